The van der Waals surface area contributed by atoms with Crippen LogP contribution in [0.2, 0.25) is 0 Å². The van der Waals surface area contributed by atoms with E-state index < -0.39 is 0 Å². The maximum absolute atomic E-state index is 10.1. The molecule has 1 N–H and O–H groups in total. The van der Waals surface area contributed by atoms with Gasteiger partial charge in [-0.2, -0.15) is 0 Å². The number of likely N-dealkylation sites (tertiary alicyclic amines) is 1. The highest BCUT2D eigenvalue weighted by atomic mass is 16.1. The second-order valence-electron chi connectivity index (χ2n) is 4.24. The number of carbonyl (C=O) groups excluding carboxylic acids is 1. The van der Waals surface area contributed by atoms with Gasteiger partial charge in [0.05, 0.1) is 0 Å². The van der Waals surface area contributed by atoms with Crippen molar-refractivity contribution in [3.63, 3.8) is 0 Å². The van der Waals surface area contributed by atoms with Crippen LogP contribution in [0.3, 0.4) is 0 Å². The molecular weight excluding hydrogens is 164 g/mol. The number of hydrogen-bond donors (Lipinski definition) is 1. The van der Waals surface area contributed by atoms with Crippen LogP contribution < -0.4 is 5.32 Å². The molecule has 2 aliphatic rings. The summed E-state index contributed by atoms with van der Waals surface area (Å²) in [6.45, 7) is 3.09. The molecular formula is C10H18N2O. The molecule has 1 spiro atoms. The molecule has 0 aromatic rings. The minimum absolute atomic E-state index is 0.560. The zero-order chi connectivity index (χ0) is 9.15. The summed E-state index contributed by atoms with van der Waals surface area (Å²) < 4.78 is 0. The zero-order valence-electron chi connectivity index (χ0n) is 8.09. The summed E-state index contributed by atoms with van der Waals surface area (Å²) in [7, 11) is 0. The number of rotatable bonds is 4. The van der Waals surface area contributed by atoms with E-state index in [1.165, 1.54) is 38.6 Å². The Kier molecular flexibility index (Phi) is 2.54. The molecule has 0 aromatic carbocycles. The number of nitrogens with one attached hydrogen (secondary N) is 1. The van der Waals surface area contributed by atoms with E-state index in [1.54, 1.807) is 0 Å². The molecule has 0 radical (unpaired) electrons. The lowest BCUT2D eigenvalue weighted by molar-refractivity contribution is -0.109. The van der Waals surface area contributed by atoms with E-state index >= 15 is 0 Å². The van der Waals surface area contributed by atoms with Crippen LogP contribution in [0.25, 0.3) is 0 Å². The summed E-state index contributed by atoms with van der Waals surface area (Å²) >= 11 is 0. The monoisotopic (exact) mass is 182 g/mol. The Morgan fingerprint density at radius 2 is 2.08 bits per heavy atom. The van der Waals surface area contributed by atoms with E-state index in [4.69, 9.17) is 0 Å². The van der Waals surface area contributed by atoms with Gasteiger partial charge in [0, 0.05) is 18.6 Å². The minimum atomic E-state index is 0.560. The van der Waals surface area contributed by atoms with E-state index in [0.29, 0.717) is 5.54 Å². The van der Waals surface area contributed by atoms with Crippen LogP contribution >= 0.6 is 0 Å². The normalized spacial score (nSPS) is 25.8. The Bertz CT molecular complexity index is 189. The van der Waals surface area contributed by atoms with Crippen LogP contribution in [0.1, 0.15) is 32.1 Å². The van der Waals surface area contributed by atoms with E-state index in [2.05, 4.69) is 10.2 Å². The van der Waals surface area contributed by atoms with Crippen LogP contribution in [-0.4, -0.2) is 36.5 Å². The van der Waals surface area contributed by atoms with Gasteiger partial charge < -0.3 is 5.32 Å². The summed E-state index contributed by atoms with van der Waals surface area (Å²) in [4.78, 5) is 12.7. The van der Waals surface area contributed by atoms with Crippen LogP contribution in [0, 0.1) is 0 Å². The SMILES string of the molecule is O=CNCCN1CCCC12CCC2. The zero-order valence-corrected chi connectivity index (χ0v) is 8.09. The molecule has 0 aromatic heterocycles. The fraction of sp³-hybridized carbons (Fsp3) is 0.900. The molecule has 13 heavy (non-hydrogen) atoms. The first-order valence-electron chi connectivity index (χ1n) is 5.29. The lowest BCUT2D eigenvalue weighted by Crippen LogP contribution is -2.51. The van der Waals surface area contributed by atoms with Gasteiger partial charge in [0.1, 0.15) is 0 Å². The lowest BCUT2D eigenvalue weighted by atomic mass is 9.75. The summed E-state index contributed by atoms with van der Waals surface area (Å²) in [5, 5.41) is 2.74. The molecule has 1 saturated heterocycles. The van der Waals surface area contributed by atoms with E-state index in [9.17, 15) is 4.79 Å². The van der Waals surface area contributed by atoms with E-state index in [1.807, 2.05) is 0 Å². The molecule has 0 bridgehead atoms. The Morgan fingerprint density at radius 1 is 1.31 bits per heavy atom. The maximum Gasteiger partial charge on any atom is 0.207 e. The molecule has 1 saturated carbocycles. The number of amides is 1. The van der Waals surface area contributed by atoms with Gasteiger partial charge >= 0.3 is 0 Å². The van der Waals surface area contributed by atoms with Crippen molar-refractivity contribution in [3.05, 3.63) is 0 Å². The third-order valence-corrected chi connectivity index (χ3v) is 3.63. The fourth-order valence-corrected chi connectivity index (χ4v) is 2.75. The highest BCUT2D eigenvalue weighted by Crippen LogP contribution is 2.44. The van der Waals surface area contributed by atoms with Gasteiger partial charge in [-0.15, -0.1) is 0 Å². The Hall–Kier alpha value is -0.570. The standard InChI is InChI=1S/C10H18N2O/c13-9-11-6-8-12-7-2-5-10(12)3-1-4-10/h9H,1-8H2,(H,11,13). The molecule has 0 atom stereocenters. The highest BCUT2D eigenvalue weighted by Gasteiger charge is 2.44. The summed E-state index contributed by atoms with van der Waals surface area (Å²) in [5.41, 5.74) is 0.560. The average Bonchev–Trinajstić information content (AvgIpc) is 2.48. The maximum atomic E-state index is 10.1. The van der Waals surface area contributed by atoms with Crippen molar-refractivity contribution in [2.75, 3.05) is 19.6 Å². The number of hydrogen-bond acceptors (Lipinski definition) is 2. The minimum Gasteiger partial charge on any atom is -0.357 e. The largest absolute Gasteiger partial charge is 0.357 e. The lowest BCUT2D eigenvalue weighted by Gasteiger charge is -2.46. The molecule has 0 unspecified atom stereocenters. The van der Waals surface area contributed by atoms with E-state index in [-0.39, 0.29) is 0 Å². The predicted octanol–water partition coefficient (Wildman–Crippen LogP) is 0.751. The van der Waals surface area contributed by atoms with Crippen LogP contribution in [0.4, 0.5) is 0 Å². The number of carbonyl (C=O) groups is 1. The Labute approximate surface area is 79.5 Å². The molecule has 74 valence electrons. The third kappa shape index (κ3) is 1.57. The number of nitrogens with zero attached hydrogens (tertiary/aromatic N) is 1. The highest BCUT2D eigenvalue weighted by molar-refractivity contribution is 5.45. The van der Waals surface area contributed by atoms with Gasteiger partial charge in [-0.3, -0.25) is 9.69 Å². The molecule has 1 heterocycles. The summed E-state index contributed by atoms with van der Waals surface area (Å²) in [6, 6.07) is 0. The van der Waals surface area contributed by atoms with Gasteiger partial charge in [0.2, 0.25) is 6.41 Å². The van der Waals surface area contributed by atoms with Gasteiger partial charge in [-0.25, -0.2) is 0 Å². The van der Waals surface area contributed by atoms with Crippen molar-refractivity contribution < 1.29 is 4.79 Å². The van der Waals surface area contributed by atoms with Crippen LogP contribution in [0.15, 0.2) is 0 Å². The van der Waals surface area contributed by atoms with Crippen molar-refractivity contribution in [1.82, 2.24) is 10.2 Å². The average molecular weight is 182 g/mol. The fourth-order valence-electron chi connectivity index (χ4n) is 2.75. The third-order valence-electron chi connectivity index (χ3n) is 3.63. The molecule has 2 fully saturated rings. The van der Waals surface area contributed by atoms with Crippen LogP contribution in [0.5, 0.6) is 0 Å². The first kappa shape index (κ1) is 9.00. The molecule has 1 aliphatic heterocycles. The van der Waals surface area contributed by atoms with Gasteiger partial charge in [-0.1, -0.05) is 0 Å². The van der Waals surface area contributed by atoms with Crippen molar-refractivity contribution in [2.45, 2.75) is 37.6 Å². The summed E-state index contributed by atoms with van der Waals surface area (Å²) in [5.74, 6) is 0. The van der Waals surface area contributed by atoms with Gasteiger partial charge in [0.25, 0.3) is 0 Å². The Balaban J connectivity index is 1.80. The van der Waals surface area contributed by atoms with Crippen molar-refractivity contribution in [2.24, 2.45) is 0 Å². The van der Waals surface area contributed by atoms with Crippen molar-refractivity contribution in [3.8, 4) is 0 Å². The van der Waals surface area contributed by atoms with Crippen molar-refractivity contribution in [1.29, 1.82) is 0 Å². The van der Waals surface area contributed by atoms with Crippen molar-refractivity contribution >= 4 is 6.41 Å². The van der Waals surface area contributed by atoms with Gasteiger partial charge in [-0.05, 0) is 38.6 Å². The molecule has 3 heteroatoms. The molecule has 1 aliphatic carbocycles. The quantitative estimate of drug-likeness (QED) is 0.514. The molecule has 1 amide bonds. The second-order valence-corrected chi connectivity index (χ2v) is 4.24. The first-order valence-corrected chi connectivity index (χ1v) is 5.29. The molecule has 2 rings (SSSR count). The first-order chi connectivity index (χ1) is 6.37. The van der Waals surface area contributed by atoms with Crippen LogP contribution in [-0.2, 0) is 4.79 Å². The summed E-state index contributed by atoms with van der Waals surface area (Å²) in [6.07, 6.45) is 7.69. The predicted molar refractivity (Wildman–Crippen MR) is 51.5 cm³/mol. The van der Waals surface area contributed by atoms with E-state index in [0.717, 1.165) is 19.5 Å². The Morgan fingerprint density at radius 3 is 2.69 bits per heavy atom. The topological polar surface area (TPSA) is 32.3 Å². The smallest absolute Gasteiger partial charge is 0.207 e. The second kappa shape index (κ2) is 3.66. The van der Waals surface area contributed by atoms with Gasteiger partial charge in [0.15, 0.2) is 0 Å². The molecule has 3 nitrogen and oxygen atoms in total.